The molecule has 5 nitrogen and oxygen atoms in total. The monoisotopic (exact) mass is 332 g/mol. The number of benzene rings is 1. The Morgan fingerprint density at radius 1 is 1.17 bits per heavy atom. The molecule has 1 aromatic carbocycles. The maximum absolute atomic E-state index is 12.5. The van der Waals surface area contributed by atoms with E-state index in [1.54, 1.807) is 24.3 Å². The molecular weight excluding hydrogens is 304 g/mol. The van der Waals surface area contributed by atoms with Crippen molar-refractivity contribution in [3.8, 4) is 0 Å². The largest absolute Gasteiger partial charge is 0.462 e. The van der Waals surface area contributed by atoms with E-state index in [1.807, 2.05) is 11.8 Å². The molecule has 24 heavy (non-hydrogen) atoms. The Morgan fingerprint density at radius 3 is 2.38 bits per heavy atom. The molecule has 1 N–H and O–H groups in total. The van der Waals surface area contributed by atoms with Crippen LogP contribution in [0.2, 0.25) is 0 Å². The first-order valence-corrected chi connectivity index (χ1v) is 8.85. The molecule has 2 rings (SSSR count). The van der Waals surface area contributed by atoms with Crippen LogP contribution in [-0.4, -0.2) is 42.0 Å². The summed E-state index contributed by atoms with van der Waals surface area (Å²) >= 11 is 0. The predicted octanol–water partition coefficient (Wildman–Crippen LogP) is 3.45. The molecule has 0 aliphatic carbocycles. The minimum absolute atomic E-state index is 0.126. The topological polar surface area (TPSA) is 58.6 Å². The number of hydrogen-bond acceptors (Lipinski definition) is 4. The van der Waals surface area contributed by atoms with E-state index in [1.165, 1.54) is 6.42 Å². The standard InChI is InChI=1S/C19H28N2O3/c1-4-12-24-19(23)16-8-10-17(11-9-16)20-13-18(22)21-14(2)6-5-7-15(21)3/h8-11,14-15,20H,4-7,12-13H2,1-3H3. The Bertz CT molecular complexity index is 546. The molecule has 0 bridgehead atoms. The lowest BCUT2D eigenvalue weighted by molar-refractivity contribution is -0.135. The molecule has 132 valence electrons. The highest BCUT2D eigenvalue weighted by atomic mass is 16.5. The fraction of sp³-hybridized carbons (Fsp3) is 0.579. The van der Waals surface area contributed by atoms with Crippen LogP contribution in [0.25, 0.3) is 0 Å². The second kappa shape index (κ2) is 8.71. The molecule has 5 heteroatoms. The molecule has 0 aromatic heterocycles. The molecule has 1 heterocycles. The van der Waals surface area contributed by atoms with Crippen molar-refractivity contribution in [2.45, 2.75) is 58.5 Å². The SMILES string of the molecule is CCCOC(=O)c1ccc(NCC(=O)N2C(C)CCCC2C)cc1. The first kappa shape index (κ1) is 18.3. The fourth-order valence-electron chi connectivity index (χ4n) is 3.18. The molecule has 1 aliphatic heterocycles. The van der Waals surface area contributed by atoms with Gasteiger partial charge in [0.15, 0.2) is 0 Å². The Morgan fingerprint density at radius 2 is 1.79 bits per heavy atom. The summed E-state index contributed by atoms with van der Waals surface area (Å²) in [5.41, 5.74) is 1.35. The maximum Gasteiger partial charge on any atom is 0.338 e. The molecule has 1 saturated heterocycles. The van der Waals surface area contributed by atoms with Gasteiger partial charge in [-0.25, -0.2) is 4.79 Å². The maximum atomic E-state index is 12.5. The summed E-state index contributed by atoms with van der Waals surface area (Å²) < 4.78 is 5.10. The van der Waals surface area contributed by atoms with E-state index >= 15 is 0 Å². The number of nitrogens with zero attached hydrogens (tertiary/aromatic N) is 1. The summed E-state index contributed by atoms with van der Waals surface area (Å²) in [5, 5.41) is 3.15. The summed E-state index contributed by atoms with van der Waals surface area (Å²) in [6.45, 7) is 6.89. The number of nitrogens with one attached hydrogen (secondary N) is 1. The van der Waals surface area contributed by atoms with Crippen LogP contribution in [0.1, 0.15) is 56.8 Å². The van der Waals surface area contributed by atoms with Crippen LogP contribution in [0.15, 0.2) is 24.3 Å². The third kappa shape index (κ3) is 4.73. The van der Waals surface area contributed by atoms with Gasteiger partial charge in [0.2, 0.25) is 5.91 Å². The van der Waals surface area contributed by atoms with Gasteiger partial charge in [0, 0.05) is 17.8 Å². The van der Waals surface area contributed by atoms with Gasteiger partial charge < -0.3 is 15.0 Å². The summed E-state index contributed by atoms with van der Waals surface area (Å²) in [5.74, 6) is -0.184. The molecule has 0 spiro atoms. The van der Waals surface area contributed by atoms with Gasteiger partial charge in [-0.3, -0.25) is 4.79 Å². The number of hydrogen-bond donors (Lipinski definition) is 1. The van der Waals surface area contributed by atoms with Gasteiger partial charge in [0.1, 0.15) is 0 Å². The second-order valence-electron chi connectivity index (χ2n) is 6.50. The van der Waals surface area contributed by atoms with Gasteiger partial charge >= 0.3 is 5.97 Å². The average molecular weight is 332 g/mol. The molecular formula is C19H28N2O3. The highest BCUT2D eigenvalue weighted by Crippen LogP contribution is 2.22. The van der Waals surface area contributed by atoms with Crippen LogP contribution in [0.5, 0.6) is 0 Å². The lowest BCUT2D eigenvalue weighted by Crippen LogP contribution is -2.49. The van der Waals surface area contributed by atoms with Crippen LogP contribution in [0.4, 0.5) is 5.69 Å². The molecule has 1 aromatic rings. The zero-order valence-electron chi connectivity index (χ0n) is 14.9. The van der Waals surface area contributed by atoms with Crippen LogP contribution >= 0.6 is 0 Å². The van der Waals surface area contributed by atoms with Crippen molar-refractivity contribution >= 4 is 17.6 Å². The van der Waals surface area contributed by atoms with Gasteiger partial charge in [-0.1, -0.05) is 6.92 Å². The first-order valence-electron chi connectivity index (χ1n) is 8.85. The Kier molecular flexibility index (Phi) is 6.64. The normalized spacial score (nSPS) is 20.5. The number of rotatable bonds is 6. The number of carbonyl (C=O) groups is 2. The smallest absolute Gasteiger partial charge is 0.338 e. The van der Waals surface area contributed by atoms with Crippen molar-refractivity contribution in [2.75, 3.05) is 18.5 Å². The second-order valence-corrected chi connectivity index (χ2v) is 6.50. The van der Waals surface area contributed by atoms with Crippen LogP contribution in [0, 0.1) is 0 Å². The Balaban J connectivity index is 1.87. The van der Waals surface area contributed by atoms with Gasteiger partial charge in [-0.05, 0) is 63.8 Å². The number of ether oxygens (including phenoxy) is 1. The van der Waals surface area contributed by atoms with Crippen molar-refractivity contribution < 1.29 is 14.3 Å². The predicted molar refractivity (Wildman–Crippen MR) is 95.1 cm³/mol. The van der Waals surface area contributed by atoms with Crippen molar-refractivity contribution in [2.24, 2.45) is 0 Å². The minimum Gasteiger partial charge on any atom is -0.462 e. The molecule has 1 amide bonds. The number of piperidine rings is 1. The van der Waals surface area contributed by atoms with Crippen molar-refractivity contribution in [3.05, 3.63) is 29.8 Å². The van der Waals surface area contributed by atoms with Crippen molar-refractivity contribution in [3.63, 3.8) is 0 Å². The highest BCUT2D eigenvalue weighted by Gasteiger charge is 2.28. The summed E-state index contributed by atoms with van der Waals surface area (Å²) in [6.07, 6.45) is 4.14. The summed E-state index contributed by atoms with van der Waals surface area (Å²) in [7, 11) is 0. The number of esters is 1. The molecule has 0 saturated carbocycles. The quantitative estimate of drug-likeness (QED) is 0.811. The van der Waals surface area contributed by atoms with Crippen molar-refractivity contribution in [1.29, 1.82) is 0 Å². The lowest BCUT2D eigenvalue weighted by Gasteiger charge is -2.39. The number of amides is 1. The van der Waals surface area contributed by atoms with E-state index in [9.17, 15) is 9.59 Å². The zero-order chi connectivity index (χ0) is 17.5. The van der Waals surface area contributed by atoms with E-state index in [2.05, 4.69) is 19.2 Å². The van der Waals surface area contributed by atoms with Crippen LogP contribution < -0.4 is 5.32 Å². The van der Waals surface area contributed by atoms with Gasteiger partial charge in [0.25, 0.3) is 0 Å². The minimum atomic E-state index is -0.310. The van der Waals surface area contributed by atoms with Crippen LogP contribution in [-0.2, 0) is 9.53 Å². The zero-order valence-corrected chi connectivity index (χ0v) is 14.9. The van der Waals surface area contributed by atoms with Crippen LogP contribution in [0.3, 0.4) is 0 Å². The lowest BCUT2D eigenvalue weighted by atomic mass is 9.97. The highest BCUT2D eigenvalue weighted by molar-refractivity contribution is 5.90. The Labute approximate surface area is 144 Å². The molecule has 2 atom stereocenters. The fourth-order valence-corrected chi connectivity index (χ4v) is 3.18. The number of likely N-dealkylation sites (tertiary alicyclic amines) is 1. The van der Waals surface area contributed by atoms with Crippen molar-refractivity contribution in [1.82, 2.24) is 4.90 Å². The van der Waals surface area contributed by atoms with Gasteiger partial charge in [-0.15, -0.1) is 0 Å². The number of carbonyl (C=O) groups excluding carboxylic acids is 2. The van der Waals surface area contributed by atoms with E-state index in [0.29, 0.717) is 24.3 Å². The molecule has 2 unspecified atom stereocenters. The van der Waals surface area contributed by atoms with Gasteiger partial charge in [-0.2, -0.15) is 0 Å². The average Bonchev–Trinajstić information content (AvgIpc) is 2.58. The third-order valence-corrected chi connectivity index (χ3v) is 4.48. The molecule has 0 radical (unpaired) electrons. The molecule has 1 aliphatic rings. The number of anilines is 1. The first-order chi connectivity index (χ1) is 11.5. The van der Waals surface area contributed by atoms with E-state index in [0.717, 1.165) is 24.9 Å². The Hall–Kier alpha value is -2.04. The van der Waals surface area contributed by atoms with E-state index in [-0.39, 0.29) is 18.4 Å². The third-order valence-electron chi connectivity index (χ3n) is 4.48. The summed E-state index contributed by atoms with van der Waals surface area (Å²) in [4.78, 5) is 26.2. The molecule has 1 fully saturated rings. The van der Waals surface area contributed by atoms with Gasteiger partial charge in [0.05, 0.1) is 18.7 Å². The van der Waals surface area contributed by atoms with E-state index < -0.39 is 0 Å². The summed E-state index contributed by atoms with van der Waals surface area (Å²) in [6, 6.07) is 7.66. The van der Waals surface area contributed by atoms with E-state index in [4.69, 9.17) is 4.74 Å².